The summed E-state index contributed by atoms with van der Waals surface area (Å²) in [5.41, 5.74) is 3.56. The van der Waals surface area contributed by atoms with Gasteiger partial charge in [-0.25, -0.2) is 51.3 Å². The van der Waals surface area contributed by atoms with Gasteiger partial charge in [0.15, 0.2) is 32.5 Å². The van der Waals surface area contributed by atoms with Crippen molar-refractivity contribution in [3.63, 3.8) is 0 Å². The number of rotatable bonds is 32. The first kappa shape index (κ1) is 91.3. The highest BCUT2D eigenvalue weighted by Gasteiger charge is 2.42. The van der Waals surface area contributed by atoms with Gasteiger partial charge < -0.3 is 59.7 Å². The minimum absolute atomic E-state index is 0.00933. The fraction of sp³-hybridized carbons (Fsp3) is 0.456. The van der Waals surface area contributed by atoms with Crippen molar-refractivity contribution in [3.8, 4) is 0 Å². The molecule has 3 fully saturated rings. The molecule has 634 valence electrons. The summed E-state index contributed by atoms with van der Waals surface area (Å²) >= 11 is 23.4. The van der Waals surface area contributed by atoms with Crippen LogP contribution in [0.4, 0.5) is 22.0 Å². The number of ketones is 1. The number of carboxylic acid groups (broad SMARTS) is 3. The molecule has 28 nitrogen and oxygen atoms in total. The van der Waals surface area contributed by atoms with Crippen LogP contribution in [0, 0.1) is 23.4 Å². The summed E-state index contributed by atoms with van der Waals surface area (Å²) in [6, 6.07) is 8.94. The van der Waals surface area contributed by atoms with Crippen molar-refractivity contribution >= 4 is 128 Å². The number of benzene rings is 3. The van der Waals surface area contributed by atoms with E-state index in [1.165, 1.54) is 82.5 Å². The van der Waals surface area contributed by atoms with Crippen molar-refractivity contribution in [2.45, 2.75) is 134 Å². The molecule has 0 radical (unpaired) electrons. The molecular formula is C79H88Cl3F5N12O16S3. The van der Waals surface area contributed by atoms with E-state index in [9.17, 15) is 60.6 Å². The van der Waals surface area contributed by atoms with Crippen LogP contribution in [0.15, 0.2) is 138 Å². The average Bonchev–Trinajstić information content (AvgIpc) is 1.05. The van der Waals surface area contributed by atoms with Gasteiger partial charge in [0, 0.05) is 161 Å². The molecular weight excluding hydrogens is 1670 g/mol. The molecule has 0 aliphatic carbocycles. The van der Waals surface area contributed by atoms with E-state index in [0.717, 1.165) is 6.07 Å². The molecule has 6 aliphatic heterocycles. The fourth-order valence-electron chi connectivity index (χ4n) is 14.1. The lowest BCUT2D eigenvalue weighted by molar-refractivity contribution is -0.146. The van der Waals surface area contributed by atoms with Crippen molar-refractivity contribution < 1.29 is 99.3 Å². The molecule has 39 heteroatoms. The number of nitrogens with zero attached hydrogens (tertiary/aromatic N) is 9. The van der Waals surface area contributed by atoms with E-state index in [-0.39, 0.29) is 127 Å². The summed E-state index contributed by atoms with van der Waals surface area (Å²) in [5.74, 6) is -9.17. The summed E-state index contributed by atoms with van der Waals surface area (Å²) < 4.78 is 103. The number of hydrogen-bond acceptors (Lipinski definition) is 28. The summed E-state index contributed by atoms with van der Waals surface area (Å²) in [7, 11) is 0. The molecule has 6 aromatic rings. The largest absolute Gasteiger partial charge is 0.481 e. The Morgan fingerprint density at radius 1 is 0.542 bits per heavy atom. The predicted molar refractivity (Wildman–Crippen MR) is 431 cm³/mol. The number of morpholine rings is 3. The summed E-state index contributed by atoms with van der Waals surface area (Å²) in [6.45, 7) is 13.8. The van der Waals surface area contributed by atoms with Gasteiger partial charge in [-0.2, -0.15) is 0 Å². The summed E-state index contributed by atoms with van der Waals surface area (Å²) in [5, 5.41) is 44.3. The molecule has 0 bridgehead atoms. The molecule has 6 N–H and O–H groups in total. The third kappa shape index (κ3) is 25.0. The minimum atomic E-state index is -3.34. The van der Waals surface area contributed by atoms with Gasteiger partial charge >= 0.3 is 35.8 Å². The third-order valence-corrected chi connectivity index (χ3v) is 22.6. The molecule has 3 aromatic heterocycles. The molecule has 12 rings (SSSR count). The Morgan fingerprint density at radius 2 is 0.941 bits per heavy atom. The number of amidine groups is 3. The van der Waals surface area contributed by atoms with Crippen LogP contribution >= 0.6 is 68.8 Å². The number of thiazole rings is 3. The molecule has 0 unspecified atom stereocenters. The van der Waals surface area contributed by atoms with Gasteiger partial charge in [-0.3, -0.25) is 48.9 Å². The Kier molecular flexibility index (Phi) is 33.5. The van der Waals surface area contributed by atoms with E-state index in [4.69, 9.17) is 88.4 Å². The van der Waals surface area contributed by atoms with Crippen LogP contribution in [0.3, 0.4) is 0 Å². The minimum Gasteiger partial charge on any atom is -0.481 e. The SMILES string of the molecule is CCOC(=O)C1=C(CN2CCO[C@H](C(C)C)[C@H]2CCC(=O)O)NC(c2nccs2)=N[C@H]1c1ccc(F)cc1Cl.CCOC(=O)C1=C(CN2CCO[C@H](CCC(=O)CC(=O)O)C2)NC(c2nccs2)=N[C@H]1c1ccc(F)cc1Cl.CCOC(=O)C1=C(CN2CCO[C@H](CCC(F)(F)CC(=O)O)C2)NC(c2nccs2)=N[C@H]1c1ccc(F)cc1Cl. The first-order chi connectivity index (χ1) is 56.5. The number of halogens is 8. The monoisotopic (exact) mass is 1760 g/mol. The van der Waals surface area contributed by atoms with Crippen molar-refractivity contribution in [3.05, 3.63) is 187 Å². The maximum atomic E-state index is 14.0. The predicted octanol–water partition coefficient (Wildman–Crippen LogP) is 12.2. The number of nitrogens with one attached hydrogen (secondary N) is 3. The Labute approximate surface area is 703 Å². The van der Waals surface area contributed by atoms with Gasteiger partial charge in [-0.15, -0.1) is 34.0 Å². The lowest BCUT2D eigenvalue weighted by Gasteiger charge is -2.44. The Hall–Kier alpha value is -9.05. The number of Topliss-reactive ketones (excluding diaryl/α,β-unsaturated/α-hetero) is 1. The number of aliphatic carboxylic acids is 3. The normalized spacial score (nSPS) is 20.7. The first-order valence-electron chi connectivity index (χ1n) is 37.9. The van der Waals surface area contributed by atoms with Gasteiger partial charge in [0.1, 0.15) is 54.2 Å². The molecule has 0 spiro atoms. The molecule has 0 amide bonds. The van der Waals surface area contributed by atoms with E-state index in [1.54, 1.807) is 44.7 Å². The van der Waals surface area contributed by atoms with Crippen LogP contribution in [0.5, 0.6) is 0 Å². The molecule has 6 aliphatic rings. The summed E-state index contributed by atoms with van der Waals surface area (Å²) in [4.78, 5) is 118. The topological polar surface area (TPSA) is 357 Å². The number of aromatic nitrogens is 3. The molecule has 3 saturated heterocycles. The third-order valence-electron chi connectivity index (χ3n) is 19.3. The van der Waals surface area contributed by atoms with Gasteiger partial charge in [0.25, 0.3) is 5.92 Å². The van der Waals surface area contributed by atoms with Crippen molar-refractivity contribution in [2.75, 3.05) is 92.0 Å². The number of esters is 3. The van der Waals surface area contributed by atoms with Gasteiger partial charge in [-0.05, 0) is 82.3 Å². The van der Waals surface area contributed by atoms with Gasteiger partial charge in [0.2, 0.25) is 0 Å². The number of aliphatic imine (C=N–C) groups is 3. The molecule has 3 aromatic carbocycles. The highest BCUT2D eigenvalue weighted by atomic mass is 35.5. The quantitative estimate of drug-likeness (QED) is 0.00988. The highest BCUT2D eigenvalue weighted by Crippen LogP contribution is 2.42. The Bertz CT molecular complexity index is 4750. The lowest BCUT2D eigenvalue weighted by atomic mass is 9.91. The second-order valence-corrected chi connectivity index (χ2v) is 31.9. The van der Waals surface area contributed by atoms with Crippen molar-refractivity contribution in [2.24, 2.45) is 20.9 Å². The number of hydrogen-bond donors (Lipinski definition) is 6. The van der Waals surface area contributed by atoms with Crippen LogP contribution in [-0.4, -0.2) is 226 Å². The zero-order valence-electron chi connectivity index (χ0n) is 64.8. The van der Waals surface area contributed by atoms with Crippen LogP contribution in [0.2, 0.25) is 15.1 Å². The van der Waals surface area contributed by atoms with Crippen molar-refractivity contribution in [1.82, 2.24) is 45.6 Å². The number of carbonyl (C=O) groups is 7. The summed E-state index contributed by atoms with van der Waals surface area (Å²) in [6.07, 6.45) is 2.36. The first-order valence-corrected chi connectivity index (χ1v) is 41.6. The Morgan fingerprint density at radius 3 is 1.30 bits per heavy atom. The van der Waals surface area contributed by atoms with E-state index < -0.39 is 103 Å². The van der Waals surface area contributed by atoms with Crippen LogP contribution < -0.4 is 16.0 Å². The maximum absolute atomic E-state index is 14.0. The second kappa shape index (κ2) is 43.3. The Balaban J connectivity index is 0.000000186. The van der Waals surface area contributed by atoms with E-state index in [0.29, 0.717) is 125 Å². The second-order valence-electron chi connectivity index (χ2n) is 28.0. The van der Waals surface area contributed by atoms with E-state index in [1.807, 2.05) is 29.5 Å². The lowest BCUT2D eigenvalue weighted by Crippen LogP contribution is -2.55. The zero-order chi connectivity index (χ0) is 84.9. The fourth-order valence-corrected chi connectivity index (χ4v) is 16.6. The molecule has 9 heterocycles. The zero-order valence-corrected chi connectivity index (χ0v) is 69.5. The van der Waals surface area contributed by atoms with Crippen molar-refractivity contribution in [1.29, 1.82) is 0 Å². The molecule has 7 atom stereocenters. The van der Waals surface area contributed by atoms with Crippen LogP contribution in [0.25, 0.3) is 0 Å². The molecule has 118 heavy (non-hydrogen) atoms. The maximum Gasteiger partial charge on any atom is 0.338 e. The van der Waals surface area contributed by atoms with Gasteiger partial charge in [0.05, 0.1) is 74.7 Å². The van der Waals surface area contributed by atoms with Crippen LogP contribution in [0.1, 0.15) is 136 Å². The number of carboxylic acids is 3. The standard InChI is InChI=1S/C27H32ClFN4O5S.C26H28ClF3N4O5S.C26H28ClFN4O6S/c1-4-37-27(36)22-19(14-33-10-11-38-24(15(2)3)20(33)7-8-21(34)35)31-25(26-30-9-12-39-26)32-23(22)17-6-5-16(29)13-18(17)28;1-2-38-25(37)21-19(14-34-8-9-39-16(13-34)5-6-26(29,30)12-20(35)36)32-23(24-31-7-10-40-24)33-22(21)17-4-3-15(28)11-18(17)27;1-2-37-26(36)22-20(14-32-8-9-38-17(13-32)5-4-16(33)12-21(34)35)30-24(25-29-7-10-39-25)31-23(22)18-6-3-15(28)11-19(18)27/h5-6,9,12-13,15,20,23-24H,4,7-8,10-11,14H2,1-3H3,(H,31,32)(H,34,35);3-4,7,10-11,16,22H,2,5-6,8-9,12-14H2,1H3,(H,32,33)(H,35,36);3,6-7,10-11,17,23H,2,4-5,8-9,12-14H2,1H3,(H,30,31)(H,34,35)/t20-,23+,24-;16-,22+;17-,23+/m111/s1. The average molecular weight is 1760 g/mol. The van der Waals surface area contributed by atoms with E-state index in [2.05, 4.69) is 40.7 Å². The van der Waals surface area contributed by atoms with E-state index >= 15 is 0 Å². The number of carbonyl (C=O) groups excluding carboxylic acids is 4. The number of ether oxygens (including phenoxy) is 6. The van der Waals surface area contributed by atoms with Gasteiger partial charge in [-0.1, -0.05) is 66.8 Å². The van der Waals surface area contributed by atoms with Crippen LogP contribution in [-0.2, 0) is 62.0 Å². The highest BCUT2D eigenvalue weighted by molar-refractivity contribution is 7.12. The number of alkyl halides is 2. The molecule has 0 saturated carbocycles. The smallest absolute Gasteiger partial charge is 0.338 e.